The first kappa shape index (κ1) is 13.8. The Balaban J connectivity index is 1.89. The van der Waals surface area contributed by atoms with E-state index in [1.165, 1.54) is 49.7 Å². The van der Waals surface area contributed by atoms with Gasteiger partial charge in [-0.05, 0) is 25.7 Å². The van der Waals surface area contributed by atoms with Crippen molar-refractivity contribution in [1.82, 2.24) is 0 Å². The summed E-state index contributed by atoms with van der Waals surface area (Å²) in [6, 6.07) is 0.707. The number of carbonyl (C=O) groups excluding carboxylic acids is 1. The minimum atomic E-state index is -0.131. The first-order valence-corrected chi connectivity index (χ1v) is 7.35. The number of hydrogen-bond donors (Lipinski definition) is 1. The number of carbonyl (C=O) groups is 1. The van der Waals surface area contributed by atoms with E-state index in [4.69, 9.17) is 10.5 Å². The molecule has 4 heteroatoms. The molecule has 2 N–H and O–H groups in total. The smallest absolute Gasteiger partial charge is 0.307 e. The summed E-state index contributed by atoms with van der Waals surface area (Å²) in [6.45, 7) is 3.61. The molecule has 3 atom stereocenters. The Labute approximate surface area is 110 Å². The zero-order valence-corrected chi connectivity index (χ0v) is 11.6. The fourth-order valence-electron chi connectivity index (χ4n) is 3.82. The topological polar surface area (TPSA) is 52.3 Å². The van der Waals surface area contributed by atoms with Crippen LogP contribution in [0.4, 0.5) is 0 Å². The number of quaternary nitrogens is 1. The Morgan fingerprint density at radius 3 is 2.83 bits per heavy atom. The largest absolute Gasteiger partial charge is 0.465 e. The molecule has 0 saturated carbocycles. The molecule has 0 unspecified atom stereocenters. The number of nitrogens with zero attached hydrogens (tertiary/aromatic N) is 1. The molecule has 2 rings (SSSR count). The fraction of sp³-hybridized carbons (Fsp3) is 0.929. The molecule has 2 aliphatic rings. The van der Waals surface area contributed by atoms with E-state index in [2.05, 4.69) is 7.05 Å². The molecular weight excluding hydrogens is 228 g/mol. The predicted molar refractivity (Wildman–Crippen MR) is 70.9 cm³/mol. The van der Waals surface area contributed by atoms with Crippen LogP contribution in [0.25, 0.3) is 0 Å². The van der Waals surface area contributed by atoms with Gasteiger partial charge in [-0.2, -0.15) is 0 Å². The molecule has 18 heavy (non-hydrogen) atoms. The van der Waals surface area contributed by atoms with Crippen molar-refractivity contribution in [3.8, 4) is 0 Å². The third-order valence-corrected chi connectivity index (χ3v) is 4.81. The molecular formula is C14H27N2O2+. The van der Waals surface area contributed by atoms with Crippen LogP contribution in [-0.4, -0.2) is 49.8 Å². The van der Waals surface area contributed by atoms with Crippen molar-refractivity contribution >= 4 is 5.97 Å². The fourth-order valence-corrected chi connectivity index (χ4v) is 3.82. The monoisotopic (exact) mass is 255 g/mol. The van der Waals surface area contributed by atoms with Crippen LogP contribution in [0.2, 0.25) is 0 Å². The van der Waals surface area contributed by atoms with Crippen LogP contribution < -0.4 is 5.73 Å². The molecule has 0 amide bonds. The summed E-state index contributed by atoms with van der Waals surface area (Å²) in [5.74, 6) is 0.430. The van der Waals surface area contributed by atoms with Crippen molar-refractivity contribution in [2.45, 2.75) is 44.6 Å². The van der Waals surface area contributed by atoms with Gasteiger partial charge in [-0.1, -0.05) is 0 Å². The van der Waals surface area contributed by atoms with Crippen molar-refractivity contribution in [3.63, 3.8) is 0 Å². The van der Waals surface area contributed by atoms with Gasteiger partial charge in [0.25, 0.3) is 0 Å². The van der Waals surface area contributed by atoms with Gasteiger partial charge in [0, 0.05) is 18.9 Å². The number of esters is 1. The highest BCUT2D eigenvalue weighted by atomic mass is 16.5. The van der Waals surface area contributed by atoms with Crippen LogP contribution in [0, 0.1) is 5.92 Å². The van der Waals surface area contributed by atoms with Gasteiger partial charge in [-0.25, -0.2) is 0 Å². The third kappa shape index (κ3) is 3.04. The van der Waals surface area contributed by atoms with Crippen LogP contribution in [-0.2, 0) is 9.53 Å². The summed E-state index contributed by atoms with van der Waals surface area (Å²) in [7, 11) is 2.39. The van der Waals surface area contributed by atoms with Crippen molar-refractivity contribution in [2.75, 3.05) is 33.3 Å². The highest BCUT2D eigenvalue weighted by Crippen LogP contribution is 2.36. The molecule has 4 nitrogen and oxygen atoms in total. The summed E-state index contributed by atoms with van der Waals surface area (Å²) in [4.78, 5) is 11.4. The lowest BCUT2D eigenvalue weighted by molar-refractivity contribution is -0.947. The Kier molecular flexibility index (Phi) is 4.62. The van der Waals surface area contributed by atoms with E-state index in [0.29, 0.717) is 31.5 Å². The maximum absolute atomic E-state index is 11.4. The van der Waals surface area contributed by atoms with E-state index in [0.717, 1.165) is 0 Å². The number of nitrogens with two attached hydrogens (primary N) is 1. The lowest BCUT2D eigenvalue weighted by atomic mass is 9.82. The van der Waals surface area contributed by atoms with Gasteiger partial charge in [0.05, 0.1) is 39.2 Å². The average Bonchev–Trinajstić information content (AvgIpc) is 2.35. The summed E-state index contributed by atoms with van der Waals surface area (Å²) >= 11 is 0. The minimum absolute atomic E-state index is 0.131. The third-order valence-electron chi connectivity index (χ3n) is 4.81. The van der Waals surface area contributed by atoms with E-state index in [-0.39, 0.29) is 5.97 Å². The lowest BCUT2D eigenvalue weighted by Crippen LogP contribution is -2.61. The highest BCUT2D eigenvalue weighted by Gasteiger charge is 2.43. The van der Waals surface area contributed by atoms with Crippen LogP contribution in [0.5, 0.6) is 0 Å². The van der Waals surface area contributed by atoms with Gasteiger partial charge in [0.1, 0.15) is 0 Å². The van der Waals surface area contributed by atoms with Crippen LogP contribution >= 0.6 is 0 Å². The van der Waals surface area contributed by atoms with Crippen molar-refractivity contribution in [2.24, 2.45) is 11.7 Å². The average molecular weight is 255 g/mol. The van der Waals surface area contributed by atoms with E-state index in [1.54, 1.807) is 0 Å². The summed E-state index contributed by atoms with van der Waals surface area (Å²) in [6.07, 6.45) is 6.83. The molecule has 2 saturated heterocycles. The molecule has 0 bridgehead atoms. The lowest BCUT2D eigenvalue weighted by Gasteiger charge is -2.51. The van der Waals surface area contributed by atoms with Gasteiger partial charge in [0.2, 0.25) is 0 Å². The number of hydrogen-bond acceptors (Lipinski definition) is 3. The van der Waals surface area contributed by atoms with Crippen molar-refractivity contribution in [3.05, 3.63) is 0 Å². The molecule has 2 aliphatic heterocycles. The van der Waals surface area contributed by atoms with Gasteiger partial charge >= 0.3 is 5.97 Å². The second-order valence-corrected chi connectivity index (χ2v) is 6.11. The van der Waals surface area contributed by atoms with Crippen LogP contribution in [0.3, 0.4) is 0 Å². The maximum Gasteiger partial charge on any atom is 0.307 e. The number of piperidine rings is 2. The van der Waals surface area contributed by atoms with Gasteiger partial charge < -0.3 is 15.0 Å². The molecule has 0 radical (unpaired) electrons. The van der Waals surface area contributed by atoms with E-state index >= 15 is 0 Å². The van der Waals surface area contributed by atoms with Gasteiger partial charge in [-0.3, -0.25) is 4.79 Å². The maximum atomic E-state index is 11.4. The van der Waals surface area contributed by atoms with E-state index in [1.807, 2.05) is 0 Å². The molecule has 0 spiro atoms. The molecule has 0 aromatic rings. The first-order chi connectivity index (χ1) is 8.65. The Bertz CT molecular complexity index is 292. The second-order valence-electron chi connectivity index (χ2n) is 6.11. The number of fused-ring (bicyclic) bond motifs is 1. The first-order valence-electron chi connectivity index (χ1n) is 7.35. The van der Waals surface area contributed by atoms with Crippen molar-refractivity contribution < 1.29 is 14.0 Å². The molecule has 0 aromatic carbocycles. The number of ether oxygens (including phenoxy) is 1. The Hall–Kier alpha value is -0.610. The molecule has 0 aromatic heterocycles. The van der Waals surface area contributed by atoms with Crippen molar-refractivity contribution in [1.29, 1.82) is 0 Å². The van der Waals surface area contributed by atoms with Crippen LogP contribution in [0.15, 0.2) is 0 Å². The zero-order valence-electron chi connectivity index (χ0n) is 11.6. The molecule has 0 aliphatic carbocycles. The molecule has 2 heterocycles. The summed E-state index contributed by atoms with van der Waals surface area (Å²) in [5.41, 5.74) is 5.36. The van der Waals surface area contributed by atoms with Crippen LogP contribution in [0.1, 0.15) is 38.5 Å². The van der Waals surface area contributed by atoms with E-state index < -0.39 is 0 Å². The predicted octanol–water partition coefficient (Wildman–Crippen LogP) is 1.29. The number of rotatable bonds is 4. The highest BCUT2D eigenvalue weighted by molar-refractivity contribution is 5.69. The van der Waals surface area contributed by atoms with E-state index in [9.17, 15) is 4.79 Å². The normalized spacial score (nSPS) is 35.9. The molecule has 2 fully saturated rings. The van der Waals surface area contributed by atoms with Gasteiger partial charge in [0.15, 0.2) is 0 Å². The summed E-state index contributed by atoms with van der Waals surface area (Å²) < 4.78 is 6.59. The zero-order chi connectivity index (χ0) is 13.0. The molecule has 104 valence electrons. The van der Waals surface area contributed by atoms with Gasteiger partial charge in [-0.15, -0.1) is 0 Å². The minimum Gasteiger partial charge on any atom is -0.465 e. The Morgan fingerprint density at radius 2 is 2.06 bits per heavy atom. The Morgan fingerprint density at radius 1 is 1.28 bits per heavy atom. The summed E-state index contributed by atoms with van der Waals surface area (Å²) in [5, 5.41) is 0. The second kappa shape index (κ2) is 6.02. The quantitative estimate of drug-likeness (QED) is 0.608. The SMILES string of the molecule is C[N@+]12CCCC[C@@H]1[C@H](COC(=O)CCN)CCC2. The standard InChI is InChI=1S/C14H27N2O2/c1-16-9-3-2-6-13(16)12(5-4-10-16)11-18-14(17)7-8-15/h12-13H,2-11,15H2,1H3/q+1/t12-,13+,16+/m0/s1.